The van der Waals surface area contributed by atoms with Crippen molar-refractivity contribution in [2.24, 2.45) is 11.8 Å². The zero-order valence-electron chi connectivity index (χ0n) is 7.14. The summed E-state index contributed by atoms with van der Waals surface area (Å²) in [6, 6.07) is 0. The molecule has 4 unspecified atom stereocenters. The van der Waals surface area contributed by atoms with Gasteiger partial charge in [0.2, 0.25) is 0 Å². The molecule has 0 heteroatoms. The predicted molar refractivity (Wildman–Crippen MR) is 34.7 cm³/mol. The standard InChI is InChI=1S/C8H14/c1-2-4-8-6-5-7(8)3-1/h7-8H,1-6H2/i1D,5D. The lowest BCUT2D eigenvalue weighted by Gasteiger charge is -2.40. The Balaban J connectivity index is 1.94. The van der Waals surface area contributed by atoms with E-state index in [1.54, 1.807) is 0 Å². The molecule has 0 radical (unpaired) electrons. The Bertz CT molecular complexity index is 133. The van der Waals surface area contributed by atoms with E-state index in [-0.39, 0.29) is 12.8 Å². The second kappa shape index (κ2) is 1.75. The first kappa shape index (κ1) is 3.24. The molecule has 0 amide bonds. The molecule has 0 aliphatic heterocycles. The van der Waals surface area contributed by atoms with Crippen molar-refractivity contribution in [3.63, 3.8) is 0 Å². The molecule has 2 aliphatic carbocycles. The third kappa shape index (κ3) is 0.586. The van der Waals surface area contributed by atoms with Crippen LogP contribution in [0.25, 0.3) is 0 Å². The first-order valence-electron chi connectivity index (χ1n) is 4.77. The van der Waals surface area contributed by atoms with Gasteiger partial charge in [0.1, 0.15) is 0 Å². The second-order valence-corrected chi connectivity index (χ2v) is 3.00. The van der Waals surface area contributed by atoms with Crippen LogP contribution >= 0.6 is 0 Å². The Morgan fingerprint density at radius 2 is 2.12 bits per heavy atom. The minimum atomic E-state index is 0.161. The molecule has 0 bridgehead atoms. The van der Waals surface area contributed by atoms with Crippen molar-refractivity contribution < 1.29 is 2.74 Å². The van der Waals surface area contributed by atoms with Gasteiger partial charge in [-0.05, 0) is 24.7 Å². The molecule has 2 aliphatic rings. The summed E-state index contributed by atoms with van der Waals surface area (Å²) < 4.78 is 15.1. The van der Waals surface area contributed by atoms with Gasteiger partial charge in [0, 0.05) is 2.74 Å². The third-order valence-electron chi connectivity index (χ3n) is 2.53. The SMILES string of the molecule is [2H]C1CCC2CC([2H])C2C1. The smallest absolute Gasteiger partial charge is 0.0270 e. The minimum absolute atomic E-state index is 0.161. The summed E-state index contributed by atoms with van der Waals surface area (Å²) in [7, 11) is 0. The zero-order chi connectivity index (χ0) is 7.14. The maximum atomic E-state index is 7.54. The fourth-order valence-corrected chi connectivity index (χ4v) is 1.78. The van der Waals surface area contributed by atoms with Gasteiger partial charge in [0.25, 0.3) is 0 Å². The molecule has 0 aromatic carbocycles. The normalized spacial score (nSPS) is 67.0. The van der Waals surface area contributed by atoms with Crippen molar-refractivity contribution in [1.29, 1.82) is 0 Å². The van der Waals surface area contributed by atoms with E-state index >= 15 is 0 Å². The largest absolute Gasteiger partial charge is 0.0530 e. The van der Waals surface area contributed by atoms with Gasteiger partial charge in [0.15, 0.2) is 0 Å². The van der Waals surface area contributed by atoms with Crippen LogP contribution in [0.2, 0.25) is 0 Å². The van der Waals surface area contributed by atoms with Crippen molar-refractivity contribution in [1.82, 2.24) is 0 Å². The Morgan fingerprint density at radius 1 is 1.12 bits per heavy atom. The van der Waals surface area contributed by atoms with Gasteiger partial charge in [-0.25, -0.2) is 0 Å². The van der Waals surface area contributed by atoms with E-state index in [2.05, 4.69) is 0 Å². The van der Waals surface area contributed by atoms with Crippen molar-refractivity contribution in [2.75, 3.05) is 0 Å². The highest BCUT2D eigenvalue weighted by molar-refractivity contribution is 4.83. The van der Waals surface area contributed by atoms with Crippen LogP contribution < -0.4 is 0 Å². The highest BCUT2D eigenvalue weighted by Gasteiger charge is 2.31. The van der Waals surface area contributed by atoms with Crippen LogP contribution in [0.5, 0.6) is 0 Å². The number of hydrogen-bond acceptors (Lipinski definition) is 0. The van der Waals surface area contributed by atoms with Crippen LogP contribution in [0.1, 0.15) is 41.2 Å². The molecule has 2 saturated carbocycles. The molecular weight excluding hydrogens is 96.1 g/mol. The van der Waals surface area contributed by atoms with Crippen molar-refractivity contribution in [3.05, 3.63) is 0 Å². The molecule has 2 rings (SSSR count). The van der Waals surface area contributed by atoms with E-state index in [4.69, 9.17) is 2.74 Å². The lowest BCUT2D eigenvalue weighted by Crippen LogP contribution is -2.28. The van der Waals surface area contributed by atoms with E-state index in [0.717, 1.165) is 25.2 Å². The fourth-order valence-electron chi connectivity index (χ4n) is 1.78. The van der Waals surface area contributed by atoms with Gasteiger partial charge in [-0.1, -0.05) is 25.7 Å². The Labute approximate surface area is 54.1 Å². The van der Waals surface area contributed by atoms with Crippen LogP contribution in [0.3, 0.4) is 0 Å². The summed E-state index contributed by atoms with van der Waals surface area (Å²) in [6.45, 7) is 0. The van der Waals surface area contributed by atoms with Gasteiger partial charge in [-0.2, -0.15) is 0 Å². The summed E-state index contributed by atoms with van der Waals surface area (Å²) in [5.41, 5.74) is 0. The van der Waals surface area contributed by atoms with Gasteiger partial charge < -0.3 is 0 Å². The zero-order valence-corrected chi connectivity index (χ0v) is 5.14. The Hall–Kier alpha value is 0. The van der Waals surface area contributed by atoms with E-state index in [9.17, 15) is 0 Å². The quantitative estimate of drug-likeness (QED) is 0.452. The third-order valence-corrected chi connectivity index (χ3v) is 2.53. The van der Waals surface area contributed by atoms with Crippen molar-refractivity contribution in [3.8, 4) is 0 Å². The molecule has 4 atom stereocenters. The molecular formula is C8H14. The first-order valence-corrected chi connectivity index (χ1v) is 3.62. The molecule has 0 nitrogen and oxygen atoms in total. The maximum absolute atomic E-state index is 7.54. The van der Waals surface area contributed by atoms with Crippen molar-refractivity contribution >= 4 is 0 Å². The maximum Gasteiger partial charge on any atom is 0.0270 e. The highest BCUT2D eigenvalue weighted by Crippen LogP contribution is 2.44. The first-order chi connectivity index (χ1) is 4.77. The summed E-state index contributed by atoms with van der Waals surface area (Å²) in [6.07, 6.45) is 4.81. The molecule has 46 valence electrons. The van der Waals surface area contributed by atoms with Crippen LogP contribution in [-0.2, 0) is 0 Å². The van der Waals surface area contributed by atoms with E-state index in [0.29, 0.717) is 5.92 Å². The molecule has 8 heavy (non-hydrogen) atoms. The molecule has 0 aromatic rings. The number of fused-ring (bicyclic) bond motifs is 1. The van der Waals surface area contributed by atoms with E-state index in [1.165, 1.54) is 6.42 Å². The van der Waals surface area contributed by atoms with Crippen LogP contribution in [0, 0.1) is 11.8 Å². The van der Waals surface area contributed by atoms with Gasteiger partial charge >= 0.3 is 0 Å². The average molecular weight is 112 g/mol. The Kier molecular flexibility index (Phi) is 0.709. The second-order valence-electron chi connectivity index (χ2n) is 3.00. The number of rotatable bonds is 0. The Morgan fingerprint density at radius 3 is 2.88 bits per heavy atom. The average Bonchev–Trinajstić information content (AvgIpc) is 1.92. The highest BCUT2D eigenvalue weighted by atomic mass is 14.4. The summed E-state index contributed by atoms with van der Waals surface area (Å²) >= 11 is 0. The number of hydrogen-bond donors (Lipinski definition) is 0. The van der Waals surface area contributed by atoms with E-state index < -0.39 is 0 Å². The molecule has 0 aromatic heterocycles. The summed E-state index contributed by atoms with van der Waals surface area (Å²) in [4.78, 5) is 0. The molecule has 0 saturated heterocycles. The molecule has 0 heterocycles. The lowest BCUT2D eigenvalue weighted by molar-refractivity contribution is 0.115. The lowest BCUT2D eigenvalue weighted by atomic mass is 9.66. The molecule has 2 fully saturated rings. The van der Waals surface area contributed by atoms with Crippen LogP contribution in [0.15, 0.2) is 0 Å². The van der Waals surface area contributed by atoms with Crippen LogP contribution in [-0.4, -0.2) is 0 Å². The van der Waals surface area contributed by atoms with Gasteiger partial charge in [-0.15, -0.1) is 0 Å². The fraction of sp³-hybridized carbons (Fsp3) is 1.00. The molecule has 0 N–H and O–H groups in total. The summed E-state index contributed by atoms with van der Waals surface area (Å²) in [5.74, 6) is 1.44. The predicted octanol–water partition coefficient (Wildman–Crippen LogP) is 2.59. The molecule has 0 spiro atoms. The topological polar surface area (TPSA) is 0 Å². The van der Waals surface area contributed by atoms with Crippen LogP contribution in [0.4, 0.5) is 0 Å². The summed E-state index contributed by atoms with van der Waals surface area (Å²) in [5, 5.41) is 0. The van der Waals surface area contributed by atoms with Gasteiger partial charge in [-0.3, -0.25) is 0 Å². The van der Waals surface area contributed by atoms with E-state index in [1.807, 2.05) is 0 Å². The monoisotopic (exact) mass is 112 g/mol. The van der Waals surface area contributed by atoms with Gasteiger partial charge in [0.05, 0.1) is 0 Å². The van der Waals surface area contributed by atoms with Crippen molar-refractivity contribution in [2.45, 2.75) is 38.5 Å². The minimum Gasteiger partial charge on any atom is -0.0530 e.